The fourth-order valence-electron chi connectivity index (χ4n) is 3.75. The standard InChI is InChI=1S/C22H26N2O2/c1-2-16-23-20(25)18-12-6-7-13-19(18)24-21(26)22(14-8-9-15-22)17-10-4-3-5-11-17/h3-7,10-13H,2,8-9,14-16H2,1H3,(H,23,25)(H,24,26). The van der Waals surface area contributed by atoms with Crippen molar-refractivity contribution < 1.29 is 9.59 Å². The van der Waals surface area contributed by atoms with Gasteiger partial charge >= 0.3 is 0 Å². The van der Waals surface area contributed by atoms with E-state index in [4.69, 9.17) is 0 Å². The van der Waals surface area contributed by atoms with Gasteiger partial charge in [0, 0.05) is 6.54 Å². The van der Waals surface area contributed by atoms with Crippen LogP contribution in [0.5, 0.6) is 0 Å². The second-order valence-corrected chi connectivity index (χ2v) is 6.91. The van der Waals surface area contributed by atoms with Crippen LogP contribution < -0.4 is 10.6 Å². The van der Waals surface area contributed by atoms with Gasteiger partial charge in [0.2, 0.25) is 5.91 Å². The highest BCUT2D eigenvalue weighted by Crippen LogP contribution is 2.42. The quantitative estimate of drug-likeness (QED) is 0.817. The summed E-state index contributed by atoms with van der Waals surface area (Å²) in [6.45, 7) is 2.63. The van der Waals surface area contributed by atoms with Crippen LogP contribution in [0.15, 0.2) is 54.6 Å². The fraction of sp³-hybridized carbons (Fsp3) is 0.364. The Morgan fingerprint density at radius 1 is 0.962 bits per heavy atom. The molecule has 136 valence electrons. The first kappa shape index (κ1) is 18.2. The molecule has 4 nitrogen and oxygen atoms in total. The van der Waals surface area contributed by atoms with Crippen molar-refractivity contribution in [3.8, 4) is 0 Å². The van der Waals surface area contributed by atoms with Crippen molar-refractivity contribution in [3.63, 3.8) is 0 Å². The van der Waals surface area contributed by atoms with Crippen LogP contribution in [-0.4, -0.2) is 18.4 Å². The van der Waals surface area contributed by atoms with Gasteiger partial charge < -0.3 is 10.6 Å². The lowest BCUT2D eigenvalue weighted by atomic mass is 9.78. The van der Waals surface area contributed by atoms with Crippen molar-refractivity contribution in [1.29, 1.82) is 0 Å². The molecule has 2 aromatic carbocycles. The molecule has 0 aromatic heterocycles. The highest BCUT2D eigenvalue weighted by molar-refractivity contribution is 6.06. The van der Waals surface area contributed by atoms with Gasteiger partial charge in [-0.05, 0) is 37.0 Å². The smallest absolute Gasteiger partial charge is 0.253 e. The summed E-state index contributed by atoms with van der Waals surface area (Å²) in [6, 6.07) is 17.2. The van der Waals surface area contributed by atoms with Gasteiger partial charge in [-0.1, -0.05) is 62.2 Å². The number of nitrogens with one attached hydrogen (secondary N) is 2. The number of carbonyl (C=O) groups is 2. The Hall–Kier alpha value is -2.62. The minimum Gasteiger partial charge on any atom is -0.352 e. The van der Waals surface area contributed by atoms with E-state index in [2.05, 4.69) is 10.6 Å². The largest absolute Gasteiger partial charge is 0.352 e. The van der Waals surface area contributed by atoms with Crippen LogP contribution in [0.2, 0.25) is 0 Å². The van der Waals surface area contributed by atoms with E-state index in [0.29, 0.717) is 17.8 Å². The summed E-state index contributed by atoms with van der Waals surface area (Å²) < 4.78 is 0. The summed E-state index contributed by atoms with van der Waals surface area (Å²) >= 11 is 0. The molecule has 2 aromatic rings. The van der Waals surface area contributed by atoms with Gasteiger partial charge in [-0.25, -0.2) is 0 Å². The van der Waals surface area contributed by atoms with E-state index in [1.807, 2.05) is 49.4 Å². The maximum Gasteiger partial charge on any atom is 0.253 e. The Balaban J connectivity index is 1.86. The highest BCUT2D eigenvalue weighted by atomic mass is 16.2. The molecule has 1 saturated carbocycles. The van der Waals surface area contributed by atoms with Gasteiger partial charge in [-0.15, -0.1) is 0 Å². The summed E-state index contributed by atoms with van der Waals surface area (Å²) in [5, 5.41) is 5.93. The van der Waals surface area contributed by atoms with Gasteiger partial charge in [0.05, 0.1) is 16.7 Å². The number of hydrogen-bond donors (Lipinski definition) is 2. The molecule has 4 heteroatoms. The zero-order valence-corrected chi connectivity index (χ0v) is 15.3. The second kappa shape index (κ2) is 8.17. The average Bonchev–Trinajstić information content (AvgIpc) is 3.18. The number of amides is 2. The maximum atomic E-state index is 13.3. The molecule has 3 rings (SSSR count). The summed E-state index contributed by atoms with van der Waals surface area (Å²) in [4.78, 5) is 25.7. The van der Waals surface area contributed by atoms with Crippen LogP contribution in [0.1, 0.15) is 54.9 Å². The van der Waals surface area contributed by atoms with E-state index in [1.165, 1.54) is 0 Å². The van der Waals surface area contributed by atoms with E-state index in [-0.39, 0.29) is 11.8 Å². The molecule has 0 aliphatic heterocycles. The van der Waals surface area contributed by atoms with Gasteiger partial charge in [-0.3, -0.25) is 9.59 Å². The molecule has 0 heterocycles. The number of rotatable bonds is 6. The molecular weight excluding hydrogens is 324 g/mol. The molecule has 0 spiro atoms. The minimum absolute atomic E-state index is 0.0167. The molecule has 1 fully saturated rings. The molecule has 0 radical (unpaired) electrons. The van der Waals surface area contributed by atoms with E-state index >= 15 is 0 Å². The highest BCUT2D eigenvalue weighted by Gasteiger charge is 2.42. The predicted molar refractivity (Wildman–Crippen MR) is 104 cm³/mol. The van der Waals surface area contributed by atoms with Crippen LogP contribution in [-0.2, 0) is 10.2 Å². The Bertz CT molecular complexity index is 765. The first-order valence-corrected chi connectivity index (χ1v) is 9.41. The number of benzene rings is 2. The third-order valence-electron chi connectivity index (χ3n) is 5.17. The lowest BCUT2D eigenvalue weighted by Gasteiger charge is -2.28. The lowest BCUT2D eigenvalue weighted by Crippen LogP contribution is -2.38. The molecule has 0 bridgehead atoms. The van der Waals surface area contributed by atoms with Gasteiger partial charge in [0.15, 0.2) is 0 Å². The molecule has 0 atom stereocenters. The average molecular weight is 350 g/mol. The third-order valence-corrected chi connectivity index (χ3v) is 5.17. The van der Waals surface area contributed by atoms with Crippen LogP contribution >= 0.6 is 0 Å². The van der Waals surface area contributed by atoms with E-state index < -0.39 is 5.41 Å². The van der Waals surface area contributed by atoms with Gasteiger partial charge in [0.25, 0.3) is 5.91 Å². The Morgan fingerprint density at radius 3 is 2.31 bits per heavy atom. The third kappa shape index (κ3) is 3.64. The molecule has 2 N–H and O–H groups in total. The van der Waals surface area contributed by atoms with E-state index in [1.54, 1.807) is 12.1 Å². The van der Waals surface area contributed by atoms with Crippen LogP contribution in [0, 0.1) is 0 Å². The normalized spacial score (nSPS) is 15.4. The molecular formula is C22H26N2O2. The first-order valence-electron chi connectivity index (χ1n) is 9.41. The number of para-hydroxylation sites is 1. The topological polar surface area (TPSA) is 58.2 Å². The van der Waals surface area contributed by atoms with Crippen molar-refractivity contribution in [1.82, 2.24) is 5.32 Å². The van der Waals surface area contributed by atoms with Crippen molar-refractivity contribution >= 4 is 17.5 Å². The SMILES string of the molecule is CCCNC(=O)c1ccccc1NC(=O)C1(c2ccccc2)CCCC1. The Morgan fingerprint density at radius 2 is 1.62 bits per heavy atom. The van der Waals surface area contributed by atoms with Crippen LogP contribution in [0.25, 0.3) is 0 Å². The monoisotopic (exact) mass is 350 g/mol. The molecule has 0 saturated heterocycles. The van der Waals surface area contributed by atoms with Crippen LogP contribution in [0.4, 0.5) is 5.69 Å². The van der Waals surface area contributed by atoms with Crippen molar-refractivity contribution in [2.75, 3.05) is 11.9 Å². The Labute approximate surface area is 155 Å². The zero-order chi connectivity index (χ0) is 18.4. The van der Waals surface area contributed by atoms with Crippen molar-refractivity contribution in [2.45, 2.75) is 44.4 Å². The van der Waals surface area contributed by atoms with E-state index in [9.17, 15) is 9.59 Å². The summed E-state index contributed by atoms with van der Waals surface area (Å²) in [6.07, 6.45) is 4.64. The first-order chi connectivity index (χ1) is 12.7. The fourth-order valence-corrected chi connectivity index (χ4v) is 3.75. The molecule has 1 aliphatic rings. The lowest BCUT2D eigenvalue weighted by molar-refractivity contribution is -0.121. The zero-order valence-electron chi connectivity index (χ0n) is 15.3. The Kier molecular flexibility index (Phi) is 5.71. The molecule has 1 aliphatic carbocycles. The number of hydrogen-bond acceptors (Lipinski definition) is 2. The second-order valence-electron chi connectivity index (χ2n) is 6.91. The van der Waals surface area contributed by atoms with Crippen molar-refractivity contribution in [2.24, 2.45) is 0 Å². The van der Waals surface area contributed by atoms with Crippen LogP contribution in [0.3, 0.4) is 0 Å². The number of anilines is 1. The summed E-state index contributed by atoms with van der Waals surface area (Å²) in [7, 11) is 0. The van der Waals surface area contributed by atoms with Crippen molar-refractivity contribution in [3.05, 3.63) is 65.7 Å². The maximum absolute atomic E-state index is 13.3. The van der Waals surface area contributed by atoms with Gasteiger partial charge in [-0.2, -0.15) is 0 Å². The number of carbonyl (C=O) groups excluding carboxylic acids is 2. The summed E-state index contributed by atoms with van der Waals surface area (Å²) in [5.41, 5.74) is 1.64. The molecule has 0 unspecified atom stereocenters. The predicted octanol–water partition coefficient (Wildman–Crippen LogP) is 4.28. The molecule has 26 heavy (non-hydrogen) atoms. The van der Waals surface area contributed by atoms with Gasteiger partial charge in [0.1, 0.15) is 0 Å². The summed E-state index contributed by atoms with van der Waals surface area (Å²) in [5.74, 6) is -0.167. The minimum atomic E-state index is -0.506. The molecule has 2 amide bonds. The van der Waals surface area contributed by atoms with E-state index in [0.717, 1.165) is 37.7 Å².